The standard InChI is InChI=1S/C22H31N3O5/c1-4-29-18-12-15-17(13-19(18)30-5-2)24-22(28)25(21(15)27)11-10-20(26)23-16-9-7-6-8-14(16)3/h12-14,16H,4-11H2,1-3H3,(H,23,26)(H,24,28)/t14-,16-/m0/s1. The summed E-state index contributed by atoms with van der Waals surface area (Å²) < 4.78 is 12.2. The largest absolute Gasteiger partial charge is 0.490 e. The highest BCUT2D eigenvalue weighted by atomic mass is 16.5. The van der Waals surface area contributed by atoms with Crippen molar-refractivity contribution in [1.82, 2.24) is 14.9 Å². The van der Waals surface area contributed by atoms with Gasteiger partial charge in [0.15, 0.2) is 11.5 Å². The lowest BCUT2D eigenvalue weighted by atomic mass is 9.86. The van der Waals surface area contributed by atoms with Crippen LogP contribution in [0, 0.1) is 5.92 Å². The third-order valence-corrected chi connectivity index (χ3v) is 5.67. The van der Waals surface area contributed by atoms with E-state index in [-0.39, 0.29) is 24.9 Å². The first kappa shape index (κ1) is 21.9. The van der Waals surface area contributed by atoms with Crippen LogP contribution in [0.2, 0.25) is 0 Å². The molecule has 8 nitrogen and oxygen atoms in total. The van der Waals surface area contributed by atoms with Crippen LogP contribution in [-0.2, 0) is 11.3 Å². The maximum atomic E-state index is 12.9. The van der Waals surface area contributed by atoms with E-state index < -0.39 is 11.2 Å². The highest BCUT2D eigenvalue weighted by Gasteiger charge is 2.23. The first-order valence-electron chi connectivity index (χ1n) is 10.8. The van der Waals surface area contributed by atoms with Gasteiger partial charge in [-0.15, -0.1) is 0 Å². The predicted molar refractivity (Wildman–Crippen MR) is 115 cm³/mol. The SMILES string of the molecule is CCOc1cc2[nH]c(=O)n(CCC(=O)N[C@H]3CCCC[C@@H]3C)c(=O)c2cc1OCC. The van der Waals surface area contributed by atoms with Crippen LogP contribution in [0.5, 0.6) is 11.5 Å². The molecular weight excluding hydrogens is 386 g/mol. The quantitative estimate of drug-likeness (QED) is 0.687. The molecule has 1 amide bonds. The summed E-state index contributed by atoms with van der Waals surface area (Å²) in [6, 6.07) is 3.36. The van der Waals surface area contributed by atoms with E-state index in [4.69, 9.17) is 9.47 Å². The van der Waals surface area contributed by atoms with E-state index in [1.54, 1.807) is 12.1 Å². The average molecular weight is 418 g/mol. The predicted octanol–water partition coefficient (Wildman–Crippen LogP) is 2.57. The molecule has 164 valence electrons. The topological polar surface area (TPSA) is 102 Å². The number of amides is 1. The molecule has 1 aliphatic carbocycles. The van der Waals surface area contributed by atoms with Gasteiger partial charge in [-0.2, -0.15) is 0 Å². The number of fused-ring (bicyclic) bond motifs is 1. The van der Waals surface area contributed by atoms with Crippen LogP contribution < -0.4 is 26.0 Å². The molecule has 2 N–H and O–H groups in total. The molecule has 2 aromatic rings. The smallest absolute Gasteiger partial charge is 0.328 e. The maximum Gasteiger partial charge on any atom is 0.328 e. The summed E-state index contributed by atoms with van der Waals surface area (Å²) in [5.41, 5.74) is -0.608. The average Bonchev–Trinajstić information content (AvgIpc) is 2.71. The zero-order chi connectivity index (χ0) is 21.7. The second-order valence-electron chi connectivity index (χ2n) is 7.78. The van der Waals surface area contributed by atoms with Gasteiger partial charge in [0.05, 0.1) is 24.1 Å². The van der Waals surface area contributed by atoms with Crippen molar-refractivity contribution in [3.63, 3.8) is 0 Å². The van der Waals surface area contributed by atoms with E-state index in [1.165, 1.54) is 6.42 Å². The van der Waals surface area contributed by atoms with Crippen LogP contribution in [0.25, 0.3) is 10.9 Å². The molecule has 1 heterocycles. The van der Waals surface area contributed by atoms with E-state index in [2.05, 4.69) is 17.2 Å². The van der Waals surface area contributed by atoms with Gasteiger partial charge in [-0.25, -0.2) is 4.79 Å². The van der Waals surface area contributed by atoms with E-state index in [9.17, 15) is 14.4 Å². The van der Waals surface area contributed by atoms with E-state index in [1.807, 2.05) is 13.8 Å². The number of rotatable bonds is 8. The van der Waals surface area contributed by atoms with Gasteiger partial charge in [0.2, 0.25) is 5.91 Å². The molecule has 0 spiro atoms. The van der Waals surface area contributed by atoms with Crippen molar-refractivity contribution < 1.29 is 14.3 Å². The lowest BCUT2D eigenvalue weighted by Crippen LogP contribution is -2.42. The highest BCUT2D eigenvalue weighted by molar-refractivity contribution is 5.81. The second-order valence-corrected chi connectivity index (χ2v) is 7.78. The molecule has 0 bridgehead atoms. The van der Waals surface area contributed by atoms with Crippen LogP contribution in [0.3, 0.4) is 0 Å². The second kappa shape index (κ2) is 9.82. The lowest BCUT2D eigenvalue weighted by molar-refractivity contribution is -0.122. The Morgan fingerprint density at radius 1 is 1.13 bits per heavy atom. The Kier molecular flexibility index (Phi) is 7.18. The molecule has 1 aromatic carbocycles. The Labute approximate surface area is 175 Å². The molecule has 1 fully saturated rings. The first-order chi connectivity index (χ1) is 14.4. The zero-order valence-corrected chi connectivity index (χ0v) is 18.0. The fraction of sp³-hybridized carbons (Fsp3) is 0.591. The van der Waals surface area contributed by atoms with Crippen molar-refractivity contribution in [3.8, 4) is 11.5 Å². The van der Waals surface area contributed by atoms with E-state index >= 15 is 0 Å². The fourth-order valence-corrected chi connectivity index (χ4v) is 4.02. The number of carbonyl (C=O) groups excluding carboxylic acids is 1. The molecule has 0 radical (unpaired) electrons. The van der Waals surface area contributed by atoms with Crippen molar-refractivity contribution in [2.75, 3.05) is 13.2 Å². The number of benzene rings is 1. The third kappa shape index (κ3) is 4.86. The number of nitrogens with one attached hydrogen (secondary N) is 2. The summed E-state index contributed by atoms with van der Waals surface area (Å²) in [5.74, 6) is 1.24. The molecule has 0 aliphatic heterocycles. The molecule has 0 saturated heterocycles. The van der Waals surface area contributed by atoms with Gasteiger partial charge in [0.1, 0.15) is 0 Å². The molecule has 3 rings (SSSR count). The van der Waals surface area contributed by atoms with Crippen molar-refractivity contribution in [2.45, 2.75) is 65.5 Å². The van der Waals surface area contributed by atoms with Crippen LogP contribution in [0.1, 0.15) is 52.9 Å². The summed E-state index contributed by atoms with van der Waals surface area (Å²) in [6.07, 6.45) is 4.48. The fourth-order valence-electron chi connectivity index (χ4n) is 4.02. The summed E-state index contributed by atoms with van der Waals surface area (Å²) in [4.78, 5) is 40.6. The van der Waals surface area contributed by atoms with Crippen molar-refractivity contribution in [3.05, 3.63) is 33.0 Å². The Balaban J connectivity index is 1.81. The molecule has 8 heteroatoms. The minimum absolute atomic E-state index is 0.0220. The van der Waals surface area contributed by atoms with Crippen LogP contribution in [0.15, 0.2) is 21.7 Å². The van der Waals surface area contributed by atoms with E-state index in [0.29, 0.717) is 41.5 Å². The minimum atomic E-state index is -0.544. The van der Waals surface area contributed by atoms with Gasteiger partial charge in [-0.05, 0) is 38.7 Å². The van der Waals surface area contributed by atoms with Gasteiger partial charge < -0.3 is 19.8 Å². The van der Waals surface area contributed by atoms with Crippen molar-refractivity contribution in [2.24, 2.45) is 5.92 Å². The Morgan fingerprint density at radius 2 is 1.80 bits per heavy atom. The monoisotopic (exact) mass is 417 g/mol. The van der Waals surface area contributed by atoms with Gasteiger partial charge in [-0.3, -0.25) is 14.2 Å². The van der Waals surface area contributed by atoms with Gasteiger partial charge in [0.25, 0.3) is 5.56 Å². The summed E-state index contributed by atoms with van der Waals surface area (Å²) >= 11 is 0. The summed E-state index contributed by atoms with van der Waals surface area (Å²) in [7, 11) is 0. The molecule has 1 aromatic heterocycles. The molecule has 0 unspecified atom stereocenters. The number of nitrogens with zero attached hydrogens (tertiary/aromatic N) is 1. The van der Waals surface area contributed by atoms with Crippen molar-refractivity contribution in [1.29, 1.82) is 0 Å². The van der Waals surface area contributed by atoms with Gasteiger partial charge in [0, 0.05) is 25.1 Å². The first-order valence-corrected chi connectivity index (χ1v) is 10.8. The molecule has 2 atom stereocenters. The number of H-pyrrole nitrogens is 1. The Hall–Kier alpha value is -2.77. The number of aromatic amines is 1. The van der Waals surface area contributed by atoms with Crippen LogP contribution >= 0.6 is 0 Å². The molecule has 1 saturated carbocycles. The van der Waals surface area contributed by atoms with Crippen LogP contribution in [-0.4, -0.2) is 34.7 Å². The summed E-state index contributed by atoms with van der Waals surface area (Å²) in [5, 5.41) is 3.38. The van der Waals surface area contributed by atoms with Crippen LogP contribution in [0.4, 0.5) is 0 Å². The molecule has 1 aliphatic rings. The normalized spacial score (nSPS) is 18.9. The number of hydrogen-bond acceptors (Lipinski definition) is 5. The highest BCUT2D eigenvalue weighted by Crippen LogP contribution is 2.30. The number of carbonyl (C=O) groups is 1. The Bertz CT molecular complexity index is 1010. The number of aromatic nitrogens is 2. The zero-order valence-electron chi connectivity index (χ0n) is 18.0. The summed E-state index contributed by atoms with van der Waals surface area (Å²) in [6.45, 7) is 6.71. The number of ether oxygens (including phenoxy) is 2. The van der Waals surface area contributed by atoms with E-state index in [0.717, 1.165) is 23.8 Å². The van der Waals surface area contributed by atoms with Gasteiger partial charge in [-0.1, -0.05) is 19.8 Å². The minimum Gasteiger partial charge on any atom is -0.490 e. The third-order valence-electron chi connectivity index (χ3n) is 5.67. The maximum absolute atomic E-state index is 12.9. The van der Waals surface area contributed by atoms with Crippen molar-refractivity contribution >= 4 is 16.8 Å². The Morgan fingerprint density at radius 3 is 2.47 bits per heavy atom. The molecular formula is C22H31N3O5. The van der Waals surface area contributed by atoms with Gasteiger partial charge >= 0.3 is 5.69 Å². The number of hydrogen-bond donors (Lipinski definition) is 2. The lowest BCUT2D eigenvalue weighted by Gasteiger charge is -2.29. The molecule has 30 heavy (non-hydrogen) atoms.